The molecular formula is C16H17BrN4O. The monoisotopic (exact) mass is 360 g/mol. The lowest BCUT2D eigenvalue weighted by Gasteiger charge is -2.09. The van der Waals surface area contributed by atoms with Crippen LogP contribution >= 0.6 is 15.9 Å². The van der Waals surface area contributed by atoms with Crippen molar-refractivity contribution in [2.75, 3.05) is 10.6 Å². The second kappa shape index (κ2) is 6.04. The lowest BCUT2D eigenvalue weighted by molar-refractivity contribution is 0.102. The van der Waals surface area contributed by atoms with Gasteiger partial charge >= 0.3 is 0 Å². The molecule has 1 saturated carbocycles. The van der Waals surface area contributed by atoms with Crippen molar-refractivity contribution >= 4 is 33.5 Å². The van der Waals surface area contributed by atoms with E-state index in [0.29, 0.717) is 17.7 Å². The Labute approximate surface area is 137 Å². The van der Waals surface area contributed by atoms with Crippen molar-refractivity contribution in [1.29, 1.82) is 0 Å². The number of hydrogen-bond donors (Lipinski definition) is 2. The predicted octanol–water partition coefficient (Wildman–Crippen LogP) is 3.68. The molecule has 0 bridgehead atoms. The number of anilines is 2. The van der Waals surface area contributed by atoms with Crippen molar-refractivity contribution in [3.63, 3.8) is 0 Å². The van der Waals surface area contributed by atoms with E-state index in [1.807, 2.05) is 32.0 Å². The molecule has 0 aliphatic heterocycles. The Morgan fingerprint density at radius 2 is 2.00 bits per heavy atom. The van der Waals surface area contributed by atoms with Gasteiger partial charge in [0.15, 0.2) is 0 Å². The molecule has 22 heavy (non-hydrogen) atoms. The number of halogens is 1. The molecule has 1 aromatic heterocycles. The van der Waals surface area contributed by atoms with Crippen molar-refractivity contribution in [3.8, 4) is 0 Å². The van der Waals surface area contributed by atoms with Gasteiger partial charge < -0.3 is 10.6 Å². The summed E-state index contributed by atoms with van der Waals surface area (Å²) in [5.74, 6) is 0.290. The summed E-state index contributed by atoms with van der Waals surface area (Å²) in [4.78, 5) is 21.0. The molecule has 0 unspecified atom stereocenters. The fraction of sp³-hybridized carbons (Fsp3) is 0.312. The molecule has 1 amide bonds. The summed E-state index contributed by atoms with van der Waals surface area (Å²) >= 11 is 3.46. The third-order valence-electron chi connectivity index (χ3n) is 3.43. The average molecular weight is 361 g/mol. The lowest BCUT2D eigenvalue weighted by atomic mass is 10.2. The number of aryl methyl sites for hydroxylation is 2. The van der Waals surface area contributed by atoms with E-state index in [2.05, 4.69) is 36.5 Å². The normalized spacial score (nSPS) is 13.8. The second-order valence-corrected chi connectivity index (χ2v) is 6.41. The van der Waals surface area contributed by atoms with E-state index >= 15 is 0 Å². The molecular weight excluding hydrogens is 344 g/mol. The van der Waals surface area contributed by atoms with Crippen LogP contribution in [-0.4, -0.2) is 21.9 Å². The van der Waals surface area contributed by atoms with E-state index in [1.165, 1.54) is 0 Å². The smallest absolute Gasteiger partial charge is 0.274 e. The van der Waals surface area contributed by atoms with Gasteiger partial charge in [-0.2, -0.15) is 0 Å². The Morgan fingerprint density at radius 1 is 1.23 bits per heavy atom. The van der Waals surface area contributed by atoms with Crippen LogP contribution in [0.2, 0.25) is 0 Å². The van der Waals surface area contributed by atoms with Gasteiger partial charge in [-0.15, -0.1) is 0 Å². The molecule has 1 aliphatic rings. The summed E-state index contributed by atoms with van der Waals surface area (Å²) in [6.07, 6.45) is 2.27. The minimum absolute atomic E-state index is 0.236. The molecule has 1 heterocycles. The molecule has 0 spiro atoms. The fourth-order valence-electron chi connectivity index (χ4n) is 2.03. The summed E-state index contributed by atoms with van der Waals surface area (Å²) in [5.41, 5.74) is 2.99. The van der Waals surface area contributed by atoms with Gasteiger partial charge in [0.1, 0.15) is 5.69 Å². The minimum atomic E-state index is -0.236. The molecule has 5 nitrogen and oxygen atoms in total. The van der Waals surface area contributed by atoms with Crippen LogP contribution in [0, 0.1) is 13.8 Å². The summed E-state index contributed by atoms with van der Waals surface area (Å²) in [5, 5.41) is 6.09. The van der Waals surface area contributed by atoms with E-state index in [0.717, 1.165) is 34.3 Å². The standard InChI is InChI=1S/C16H17BrN4O/c1-9-3-4-12(8-13(9)17)19-15(22)14-7-10(2)18-16(21-14)20-11-5-6-11/h3-4,7-8,11H,5-6H2,1-2H3,(H,19,22)(H,18,20,21). The summed E-state index contributed by atoms with van der Waals surface area (Å²) < 4.78 is 0.959. The first-order valence-corrected chi connectivity index (χ1v) is 8.00. The molecule has 114 valence electrons. The second-order valence-electron chi connectivity index (χ2n) is 5.55. The van der Waals surface area contributed by atoms with Crippen LogP contribution in [0.3, 0.4) is 0 Å². The van der Waals surface area contributed by atoms with E-state index < -0.39 is 0 Å². The van der Waals surface area contributed by atoms with Crippen LogP contribution in [0.4, 0.5) is 11.6 Å². The number of amides is 1. The molecule has 6 heteroatoms. The largest absolute Gasteiger partial charge is 0.351 e. The third-order valence-corrected chi connectivity index (χ3v) is 4.28. The van der Waals surface area contributed by atoms with E-state index in [-0.39, 0.29) is 5.91 Å². The number of hydrogen-bond acceptors (Lipinski definition) is 4. The number of benzene rings is 1. The van der Waals surface area contributed by atoms with Gasteiger partial charge in [0, 0.05) is 21.9 Å². The maximum Gasteiger partial charge on any atom is 0.274 e. The number of nitrogens with one attached hydrogen (secondary N) is 2. The molecule has 0 atom stereocenters. The van der Waals surface area contributed by atoms with Gasteiger partial charge in [0.05, 0.1) is 0 Å². The zero-order valence-corrected chi connectivity index (χ0v) is 14.1. The summed E-state index contributed by atoms with van der Waals surface area (Å²) in [6, 6.07) is 7.84. The molecule has 1 aliphatic carbocycles. The van der Waals surface area contributed by atoms with Crippen molar-refractivity contribution in [2.45, 2.75) is 32.7 Å². The predicted molar refractivity (Wildman–Crippen MR) is 90.2 cm³/mol. The first-order chi connectivity index (χ1) is 10.5. The average Bonchev–Trinajstić information content (AvgIpc) is 3.26. The van der Waals surface area contributed by atoms with Crippen LogP contribution in [0.25, 0.3) is 0 Å². The molecule has 3 rings (SSSR count). The Hall–Kier alpha value is -1.95. The minimum Gasteiger partial charge on any atom is -0.351 e. The van der Waals surface area contributed by atoms with Gasteiger partial charge in [-0.05, 0) is 50.5 Å². The Kier molecular flexibility index (Phi) is 4.11. The quantitative estimate of drug-likeness (QED) is 0.872. The number of nitrogens with zero attached hydrogens (tertiary/aromatic N) is 2. The van der Waals surface area contributed by atoms with Crippen LogP contribution in [0.5, 0.6) is 0 Å². The highest BCUT2D eigenvalue weighted by Gasteiger charge is 2.22. The van der Waals surface area contributed by atoms with Crippen LogP contribution < -0.4 is 10.6 Å². The highest BCUT2D eigenvalue weighted by atomic mass is 79.9. The van der Waals surface area contributed by atoms with Crippen LogP contribution in [0.15, 0.2) is 28.7 Å². The summed E-state index contributed by atoms with van der Waals surface area (Å²) in [7, 11) is 0. The fourth-order valence-corrected chi connectivity index (χ4v) is 2.40. The van der Waals surface area contributed by atoms with Crippen molar-refractivity contribution in [1.82, 2.24) is 9.97 Å². The maximum atomic E-state index is 12.4. The zero-order chi connectivity index (χ0) is 15.7. The first kappa shape index (κ1) is 15.0. The molecule has 2 N–H and O–H groups in total. The molecule has 0 radical (unpaired) electrons. The van der Waals surface area contributed by atoms with Crippen molar-refractivity contribution in [3.05, 3.63) is 45.7 Å². The lowest BCUT2D eigenvalue weighted by Crippen LogP contribution is -2.16. The Balaban J connectivity index is 1.78. The first-order valence-electron chi connectivity index (χ1n) is 7.21. The van der Waals surface area contributed by atoms with Crippen LogP contribution in [-0.2, 0) is 0 Å². The van der Waals surface area contributed by atoms with E-state index in [9.17, 15) is 4.79 Å². The third kappa shape index (κ3) is 3.62. The van der Waals surface area contributed by atoms with Gasteiger partial charge in [-0.1, -0.05) is 22.0 Å². The number of aromatic nitrogens is 2. The van der Waals surface area contributed by atoms with Gasteiger partial charge in [-0.3, -0.25) is 4.79 Å². The van der Waals surface area contributed by atoms with Gasteiger partial charge in [0.25, 0.3) is 5.91 Å². The van der Waals surface area contributed by atoms with Gasteiger partial charge in [-0.25, -0.2) is 9.97 Å². The molecule has 0 saturated heterocycles. The van der Waals surface area contributed by atoms with E-state index in [1.54, 1.807) is 6.07 Å². The topological polar surface area (TPSA) is 66.9 Å². The molecule has 1 aromatic carbocycles. The maximum absolute atomic E-state index is 12.4. The molecule has 2 aromatic rings. The highest BCUT2D eigenvalue weighted by Crippen LogP contribution is 2.23. The highest BCUT2D eigenvalue weighted by molar-refractivity contribution is 9.10. The Bertz CT molecular complexity index is 728. The van der Waals surface area contributed by atoms with E-state index in [4.69, 9.17) is 0 Å². The molecule has 1 fully saturated rings. The van der Waals surface area contributed by atoms with Gasteiger partial charge in [0.2, 0.25) is 5.95 Å². The summed E-state index contributed by atoms with van der Waals surface area (Å²) in [6.45, 7) is 3.86. The SMILES string of the molecule is Cc1cc(C(=O)Nc2ccc(C)c(Br)c2)nc(NC2CC2)n1. The van der Waals surface area contributed by atoms with Crippen molar-refractivity contribution < 1.29 is 4.79 Å². The number of carbonyl (C=O) groups excluding carboxylic acids is 1. The number of rotatable bonds is 4. The Morgan fingerprint density at radius 3 is 2.68 bits per heavy atom. The van der Waals surface area contributed by atoms with Crippen molar-refractivity contribution in [2.24, 2.45) is 0 Å². The zero-order valence-electron chi connectivity index (χ0n) is 12.5. The van der Waals surface area contributed by atoms with Crippen LogP contribution in [0.1, 0.15) is 34.6 Å². The number of carbonyl (C=O) groups is 1.